The first-order valence-corrected chi connectivity index (χ1v) is 11.2. The molecule has 174 valence electrons. The molecular formula is C23H23N7O4. The number of ether oxygens (including phenoxy) is 2. The molecule has 1 aliphatic heterocycles. The maximum atomic E-state index is 11.5. The van der Waals surface area contributed by atoms with Crippen molar-refractivity contribution < 1.29 is 14.6 Å². The minimum Gasteiger partial charge on any atom is -0.493 e. The minimum atomic E-state index is -0.491. The number of aromatic hydroxyl groups is 1. The molecule has 0 atom stereocenters. The SMILES string of the molecule is O=c1[nH]c(O)c(/C=c2/cnn3c(=NC4CC4)cc(NCc4ccc5c(c4)OCCCO5)nc23)[nH]1. The average Bonchev–Trinajstić information content (AvgIpc) is 3.53. The van der Waals surface area contributed by atoms with E-state index in [1.807, 2.05) is 24.3 Å². The summed E-state index contributed by atoms with van der Waals surface area (Å²) in [5.74, 6) is 1.91. The minimum absolute atomic E-state index is 0.240. The van der Waals surface area contributed by atoms with Crippen LogP contribution in [-0.4, -0.2) is 48.9 Å². The van der Waals surface area contributed by atoms with E-state index in [-0.39, 0.29) is 11.6 Å². The number of aromatic nitrogens is 5. The highest BCUT2D eigenvalue weighted by atomic mass is 16.5. The Balaban J connectivity index is 1.36. The summed E-state index contributed by atoms with van der Waals surface area (Å²) in [7, 11) is 0. The fourth-order valence-electron chi connectivity index (χ4n) is 3.80. The molecule has 0 spiro atoms. The van der Waals surface area contributed by atoms with Crippen molar-refractivity contribution in [3.05, 3.63) is 62.9 Å². The molecule has 4 N–H and O–H groups in total. The van der Waals surface area contributed by atoms with Crippen LogP contribution in [0.3, 0.4) is 0 Å². The van der Waals surface area contributed by atoms with Gasteiger partial charge >= 0.3 is 5.69 Å². The van der Waals surface area contributed by atoms with Crippen LogP contribution >= 0.6 is 0 Å². The van der Waals surface area contributed by atoms with Gasteiger partial charge in [-0.3, -0.25) is 9.98 Å². The highest BCUT2D eigenvalue weighted by molar-refractivity contribution is 5.58. The number of aromatic amines is 2. The molecule has 1 fully saturated rings. The first-order valence-electron chi connectivity index (χ1n) is 11.2. The third-order valence-electron chi connectivity index (χ3n) is 5.66. The van der Waals surface area contributed by atoms with E-state index in [9.17, 15) is 9.90 Å². The van der Waals surface area contributed by atoms with Gasteiger partial charge in [0, 0.05) is 24.3 Å². The zero-order chi connectivity index (χ0) is 23.1. The molecule has 4 aromatic rings. The molecule has 11 heteroatoms. The number of hydrogen-bond donors (Lipinski definition) is 4. The fraction of sp³-hybridized carbons (Fsp3) is 0.304. The molecule has 0 unspecified atom stereocenters. The van der Waals surface area contributed by atoms with Gasteiger partial charge in [-0.15, -0.1) is 0 Å². The summed E-state index contributed by atoms with van der Waals surface area (Å²) in [6.07, 6.45) is 6.23. The van der Waals surface area contributed by atoms with Gasteiger partial charge in [-0.2, -0.15) is 9.61 Å². The Morgan fingerprint density at radius 2 is 2.06 bits per heavy atom. The van der Waals surface area contributed by atoms with Gasteiger partial charge in [0.15, 0.2) is 22.6 Å². The number of benzene rings is 1. The summed E-state index contributed by atoms with van der Waals surface area (Å²) in [6.45, 7) is 1.82. The second kappa shape index (κ2) is 8.25. The Kier molecular flexibility index (Phi) is 4.93. The van der Waals surface area contributed by atoms with Gasteiger partial charge in [0.25, 0.3) is 0 Å². The van der Waals surface area contributed by atoms with Crippen LogP contribution in [0.5, 0.6) is 17.4 Å². The quantitative estimate of drug-likeness (QED) is 0.345. The van der Waals surface area contributed by atoms with Crippen LogP contribution in [0.1, 0.15) is 30.5 Å². The lowest BCUT2D eigenvalue weighted by atomic mass is 10.2. The number of imidazole rings is 1. The Labute approximate surface area is 192 Å². The number of fused-ring (bicyclic) bond motifs is 2. The molecule has 0 amide bonds. The van der Waals surface area contributed by atoms with Gasteiger partial charge < -0.3 is 24.9 Å². The molecule has 3 aromatic heterocycles. The van der Waals surface area contributed by atoms with Crippen LogP contribution in [0.2, 0.25) is 0 Å². The normalized spacial score (nSPS) is 16.7. The summed E-state index contributed by atoms with van der Waals surface area (Å²) in [4.78, 5) is 25.9. The van der Waals surface area contributed by atoms with Crippen molar-refractivity contribution in [2.45, 2.75) is 31.8 Å². The van der Waals surface area contributed by atoms with Crippen LogP contribution in [0, 0.1) is 0 Å². The lowest BCUT2D eigenvalue weighted by Gasteiger charge is -2.11. The first-order chi connectivity index (χ1) is 16.6. The van der Waals surface area contributed by atoms with E-state index in [1.165, 1.54) is 0 Å². The van der Waals surface area contributed by atoms with Crippen molar-refractivity contribution >= 4 is 17.5 Å². The monoisotopic (exact) mass is 461 g/mol. The predicted molar refractivity (Wildman–Crippen MR) is 123 cm³/mol. The van der Waals surface area contributed by atoms with Gasteiger partial charge in [-0.1, -0.05) is 6.07 Å². The maximum Gasteiger partial charge on any atom is 0.326 e. The Hall–Kier alpha value is -4.28. The second-order valence-corrected chi connectivity index (χ2v) is 8.37. The Morgan fingerprint density at radius 3 is 2.85 bits per heavy atom. The van der Waals surface area contributed by atoms with E-state index < -0.39 is 5.69 Å². The van der Waals surface area contributed by atoms with Crippen molar-refractivity contribution in [3.8, 4) is 17.4 Å². The molecule has 1 saturated carbocycles. The summed E-state index contributed by atoms with van der Waals surface area (Å²) < 4.78 is 13.2. The molecule has 34 heavy (non-hydrogen) atoms. The summed E-state index contributed by atoms with van der Waals surface area (Å²) in [6, 6.07) is 8.07. The highest BCUT2D eigenvalue weighted by Crippen LogP contribution is 2.30. The van der Waals surface area contributed by atoms with Crippen molar-refractivity contribution in [2.24, 2.45) is 4.99 Å². The van der Waals surface area contributed by atoms with Crippen LogP contribution in [0.15, 0.2) is 40.2 Å². The van der Waals surface area contributed by atoms with E-state index in [0.717, 1.165) is 36.3 Å². The van der Waals surface area contributed by atoms with Gasteiger partial charge in [0.05, 0.1) is 25.5 Å². The largest absolute Gasteiger partial charge is 0.493 e. The molecule has 1 aliphatic carbocycles. The summed E-state index contributed by atoms with van der Waals surface area (Å²) in [5, 5.41) is 18.4. The van der Waals surface area contributed by atoms with E-state index >= 15 is 0 Å². The first kappa shape index (κ1) is 20.3. The number of hydrogen-bond acceptors (Lipinski definition) is 8. The molecular weight excluding hydrogens is 438 g/mol. The van der Waals surface area contributed by atoms with Gasteiger partial charge in [0.1, 0.15) is 11.5 Å². The molecule has 0 radical (unpaired) electrons. The molecule has 2 aliphatic rings. The van der Waals surface area contributed by atoms with Crippen molar-refractivity contribution in [3.63, 3.8) is 0 Å². The van der Waals surface area contributed by atoms with E-state index in [4.69, 9.17) is 19.5 Å². The standard InChI is InChI=1S/C23H23N7O4/c31-22-16(27-23(32)29-22)9-14-12-25-30-20(26-15-3-4-15)10-19(28-21(14)30)24-11-13-2-5-17-18(8-13)34-7-1-6-33-17/h2,5,8-10,12,15,24,31H,1,3-4,6-7,11H2,(H2,27,29,32)/b14-9-,26-20?. The van der Waals surface area contributed by atoms with Crippen LogP contribution in [0.25, 0.3) is 11.7 Å². The van der Waals surface area contributed by atoms with Crippen molar-refractivity contribution in [1.29, 1.82) is 0 Å². The van der Waals surface area contributed by atoms with Crippen LogP contribution in [-0.2, 0) is 6.54 Å². The van der Waals surface area contributed by atoms with Gasteiger partial charge in [-0.25, -0.2) is 9.78 Å². The molecule has 11 nitrogen and oxygen atoms in total. The number of nitrogens with zero attached hydrogens (tertiary/aromatic N) is 4. The third kappa shape index (κ3) is 4.07. The molecule has 0 bridgehead atoms. The van der Waals surface area contributed by atoms with Gasteiger partial charge in [-0.05, 0) is 36.6 Å². The number of rotatable bonds is 5. The van der Waals surface area contributed by atoms with E-state index in [2.05, 4.69) is 20.4 Å². The lowest BCUT2D eigenvalue weighted by Crippen LogP contribution is -2.20. The zero-order valence-corrected chi connectivity index (χ0v) is 18.2. The second-order valence-electron chi connectivity index (χ2n) is 8.37. The van der Waals surface area contributed by atoms with Crippen molar-refractivity contribution in [1.82, 2.24) is 24.6 Å². The molecule has 1 aromatic carbocycles. The highest BCUT2D eigenvalue weighted by Gasteiger charge is 2.20. The van der Waals surface area contributed by atoms with Crippen LogP contribution < -0.4 is 31.2 Å². The van der Waals surface area contributed by atoms with E-state index in [1.54, 1.807) is 16.8 Å². The Bertz CT molecular complexity index is 1550. The smallest absolute Gasteiger partial charge is 0.326 e. The Morgan fingerprint density at radius 1 is 1.21 bits per heavy atom. The predicted octanol–water partition coefficient (Wildman–Crippen LogP) is 0.835. The molecule has 6 rings (SSSR count). The summed E-state index contributed by atoms with van der Waals surface area (Å²) in [5.41, 5.74) is 2.05. The average molecular weight is 461 g/mol. The lowest BCUT2D eigenvalue weighted by molar-refractivity contribution is 0.297. The zero-order valence-electron chi connectivity index (χ0n) is 18.2. The maximum absolute atomic E-state index is 11.5. The molecule has 0 saturated heterocycles. The van der Waals surface area contributed by atoms with Gasteiger partial charge in [0.2, 0.25) is 5.88 Å². The molecule has 4 heterocycles. The van der Waals surface area contributed by atoms with Crippen molar-refractivity contribution in [2.75, 3.05) is 18.5 Å². The topological polar surface area (TPSA) is 142 Å². The fourth-order valence-corrected chi connectivity index (χ4v) is 3.80. The number of nitrogens with one attached hydrogen (secondary N) is 3. The number of anilines is 1. The summed E-state index contributed by atoms with van der Waals surface area (Å²) >= 11 is 0. The third-order valence-corrected chi connectivity index (χ3v) is 5.66. The number of H-pyrrole nitrogens is 2. The van der Waals surface area contributed by atoms with E-state index in [0.29, 0.717) is 48.0 Å². The van der Waals surface area contributed by atoms with Crippen LogP contribution in [0.4, 0.5) is 5.82 Å².